The molecule has 0 saturated carbocycles. The molecule has 0 aliphatic carbocycles. The predicted molar refractivity (Wildman–Crippen MR) is 311 cm³/mol. The molecule has 0 radical (unpaired) electrons. The van der Waals surface area contributed by atoms with Gasteiger partial charge in [-0.05, 0) is 113 Å². The summed E-state index contributed by atoms with van der Waals surface area (Å²) in [6, 6.07) is 8.57. The highest BCUT2D eigenvalue weighted by molar-refractivity contribution is 6.33. The summed E-state index contributed by atoms with van der Waals surface area (Å²) in [5, 5.41) is 12.9. The van der Waals surface area contributed by atoms with Gasteiger partial charge in [-0.3, -0.25) is 14.4 Å². The topological polar surface area (TPSA) is 131 Å². The van der Waals surface area contributed by atoms with E-state index in [1.54, 1.807) is 6.07 Å². The second-order valence-electron chi connectivity index (χ2n) is 21.3. The number of rotatable bonds is 49. The van der Waals surface area contributed by atoms with Gasteiger partial charge in [0, 0.05) is 18.5 Å². The maximum Gasteiger partial charge on any atom is 0.343 e. The molecule has 0 aliphatic rings. The number of hydrogen-bond donors (Lipinski definition) is 2. The van der Waals surface area contributed by atoms with Gasteiger partial charge in [0.15, 0.2) is 0 Å². The lowest BCUT2D eigenvalue weighted by Crippen LogP contribution is -2.31. The molecule has 0 fully saturated rings. The van der Waals surface area contributed by atoms with E-state index in [0.29, 0.717) is 37.7 Å². The maximum absolute atomic E-state index is 13.1. The zero-order chi connectivity index (χ0) is 54.6. The minimum atomic E-state index is -0.693. The molecular weight excluding hydrogens is 984 g/mol. The Hall–Kier alpha value is -3.34. The highest BCUT2D eigenvalue weighted by Gasteiger charge is 2.20. The van der Waals surface area contributed by atoms with E-state index in [4.69, 9.17) is 37.4 Å². The number of carbonyl (C=O) groups is 4. The lowest BCUT2D eigenvalue weighted by atomic mass is 9.90. The number of esters is 3. The Kier molecular flexibility index (Phi) is 41.3. The van der Waals surface area contributed by atoms with Gasteiger partial charge in [0.25, 0.3) is 5.91 Å². The summed E-state index contributed by atoms with van der Waals surface area (Å²) < 4.78 is 17.0. The Balaban J connectivity index is 1.81. The molecule has 75 heavy (non-hydrogen) atoms. The maximum atomic E-state index is 13.1. The van der Waals surface area contributed by atoms with E-state index < -0.39 is 5.97 Å². The van der Waals surface area contributed by atoms with Crippen LogP contribution in [0.2, 0.25) is 10.0 Å². The van der Waals surface area contributed by atoms with Crippen LogP contribution in [-0.2, 0) is 19.1 Å². The number of benzene rings is 2. The summed E-state index contributed by atoms with van der Waals surface area (Å²) in [6.45, 7) is 13.3. The van der Waals surface area contributed by atoms with Gasteiger partial charge in [-0.25, -0.2) is 4.79 Å². The van der Waals surface area contributed by atoms with Crippen LogP contribution < -0.4 is 10.1 Å². The van der Waals surface area contributed by atoms with Crippen LogP contribution in [0.3, 0.4) is 0 Å². The van der Waals surface area contributed by atoms with Gasteiger partial charge in [-0.2, -0.15) is 0 Å². The van der Waals surface area contributed by atoms with E-state index in [9.17, 15) is 24.3 Å². The first-order chi connectivity index (χ1) is 36.5. The molecule has 2 aromatic rings. The first-order valence-corrected chi connectivity index (χ1v) is 31.1. The Morgan fingerprint density at radius 3 is 1.55 bits per heavy atom. The molecule has 12 heteroatoms. The van der Waals surface area contributed by atoms with Crippen LogP contribution in [0.15, 0.2) is 36.4 Å². The number of unbranched alkanes of at least 4 members (excludes halogenated alkanes) is 22. The number of hydrogen-bond acceptors (Lipinski definition) is 9. The summed E-state index contributed by atoms with van der Waals surface area (Å²) >= 11 is 12.4. The Labute approximate surface area is 466 Å². The monoisotopic (exact) mass is 1090 g/mol. The van der Waals surface area contributed by atoms with Crippen molar-refractivity contribution in [2.24, 2.45) is 11.8 Å². The third kappa shape index (κ3) is 34.2. The lowest BCUT2D eigenvalue weighted by Gasteiger charge is -2.22. The molecule has 428 valence electrons. The summed E-state index contributed by atoms with van der Waals surface area (Å²) in [5.74, 6) is -0.322. The number of carbonyl (C=O) groups excluding carboxylic acids is 4. The number of ether oxygens (including phenoxy) is 3. The van der Waals surface area contributed by atoms with Crippen molar-refractivity contribution in [2.45, 2.75) is 252 Å². The van der Waals surface area contributed by atoms with Crippen LogP contribution in [0.1, 0.15) is 273 Å². The fourth-order valence-corrected chi connectivity index (χ4v) is 10.2. The fourth-order valence-electron chi connectivity index (χ4n) is 9.79. The second-order valence-corrected chi connectivity index (χ2v) is 22.1. The van der Waals surface area contributed by atoms with Crippen LogP contribution >= 0.6 is 23.2 Å². The summed E-state index contributed by atoms with van der Waals surface area (Å²) in [5.41, 5.74) is 0.513. The van der Waals surface area contributed by atoms with Crippen LogP contribution in [0.5, 0.6) is 11.5 Å². The Morgan fingerprint density at radius 1 is 0.520 bits per heavy atom. The molecule has 2 N–H and O–H groups in total. The van der Waals surface area contributed by atoms with E-state index >= 15 is 0 Å². The van der Waals surface area contributed by atoms with Crippen molar-refractivity contribution in [2.75, 3.05) is 39.4 Å². The van der Waals surface area contributed by atoms with E-state index in [1.807, 2.05) is 0 Å². The van der Waals surface area contributed by atoms with Gasteiger partial charge in [-0.1, -0.05) is 218 Å². The molecule has 10 nitrogen and oxygen atoms in total. The second kappa shape index (κ2) is 45.7. The van der Waals surface area contributed by atoms with Gasteiger partial charge in [0.05, 0.1) is 34.7 Å². The molecule has 0 aromatic heterocycles. The number of nitrogens with one attached hydrogen (secondary N) is 1. The van der Waals surface area contributed by atoms with Crippen molar-refractivity contribution in [3.8, 4) is 11.5 Å². The van der Waals surface area contributed by atoms with Crippen LogP contribution in [-0.4, -0.2) is 73.2 Å². The summed E-state index contributed by atoms with van der Waals surface area (Å²) in [6.07, 6.45) is 39.6. The number of halogens is 2. The first kappa shape index (κ1) is 67.8. The van der Waals surface area contributed by atoms with E-state index in [0.717, 1.165) is 122 Å². The Bertz CT molecular complexity index is 1780. The molecule has 0 bridgehead atoms. The van der Waals surface area contributed by atoms with E-state index in [-0.39, 0.29) is 50.9 Å². The molecule has 1 unspecified atom stereocenters. The molecule has 2 aromatic carbocycles. The number of aromatic hydroxyl groups is 1. The standard InChI is InChI=1S/C63H104Cl2N2O8/c1-5-9-13-17-20-28-37-53(36-27-16-12-8-4)62(71)74-49-32-24-19-22-30-46-67(45-29-21-18-23-31-48-73-60(69)43-38-52(34-25-14-10-6-2)35-26-15-11-7-3)47-33-44-66-61(70)54-40-42-59(57(65)50-54)75-63(72)55-39-41-58(68)56(64)51-55/h39-42,50-53,68H,5-38,43-49H2,1-4H3,(H,66,70). The summed E-state index contributed by atoms with van der Waals surface area (Å²) in [4.78, 5) is 54.1. The highest BCUT2D eigenvalue weighted by atomic mass is 35.5. The quantitative estimate of drug-likeness (QED) is 0.0378. The third-order valence-corrected chi connectivity index (χ3v) is 15.2. The van der Waals surface area contributed by atoms with E-state index in [2.05, 4.69) is 37.9 Å². The highest BCUT2D eigenvalue weighted by Crippen LogP contribution is 2.29. The minimum absolute atomic E-state index is 0.0179. The SMILES string of the molecule is CCCCCCCCC(CCCCCC)C(=O)OCCCCCCCN(CCCCCCCOC(=O)CCC(CCCCCC)CCCCCC)CCCNC(=O)c1ccc(OC(=O)c2ccc(O)c(Cl)c2)c(Cl)c1. The van der Waals surface area contributed by atoms with Gasteiger partial charge in [0.2, 0.25) is 0 Å². The predicted octanol–water partition coefficient (Wildman–Crippen LogP) is 18.0. The molecule has 1 atom stereocenters. The van der Waals surface area contributed by atoms with Gasteiger partial charge in [0.1, 0.15) is 11.5 Å². The van der Waals surface area contributed by atoms with Crippen LogP contribution in [0.4, 0.5) is 0 Å². The molecule has 0 saturated heterocycles. The third-order valence-electron chi connectivity index (χ3n) is 14.6. The average Bonchev–Trinajstić information content (AvgIpc) is 3.40. The normalized spacial score (nSPS) is 11.8. The van der Waals surface area contributed by atoms with Crippen LogP contribution in [0, 0.1) is 11.8 Å². The van der Waals surface area contributed by atoms with Crippen molar-refractivity contribution in [3.63, 3.8) is 0 Å². The molecule has 0 spiro atoms. The van der Waals surface area contributed by atoms with E-state index in [1.165, 1.54) is 146 Å². The number of phenols is 1. The van der Waals surface area contributed by atoms with Gasteiger partial charge < -0.3 is 29.5 Å². The molecule has 0 aliphatic heterocycles. The smallest absolute Gasteiger partial charge is 0.343 e. The van der Waals surface area contributed by atoms with Gasteiger partial charge in [-0.15, -0.1) is 0 Å². The zero-order valence-corrected chi connectivity index (χ0v) is 49.1. The van der Waals surface area contributed by atoms with Crippen molar-refractivity contribution < 1.29 is 38.5 Å². The number of nitrogens with zero attached hydrogens (tertiary/aromatic N) is 1. The largest absolute Gasteiger partial charge is 0.506 e. The lowest BCUT2D eigenvalue weighted by molar-refractivity contribution is -0.149. The van der Waals surface area contributed by atoms with Gasteiger partial charge >= 0.3 is 17.9 Å². The first-order valence-electron chi connectivity index (χ1n) is 30.4. The molecular formula is C63H104Cl2N2O8. The Morgan fingerprint density at radius 2 is 0.987 bits per heavy atom. The zero-order valence-electron chi connectivity index (χ0n) is 47.6. The fraction of sp³-hybridized carbons (Fsp3) is 0.746. The molecule has 1 amide bonds. The molecule has 0 heterocycles. The average molecular weight is 1090 g/mol. The van der Waals surface area contributed by atoms with Crippen LogP contribution in [0.25, 0.3) is 0 Å². The molecule has 2 rings (SSSR count). The van der Waals surface area contributed by atoms with Crippen molar-refractivity contribution in [3.05, 3.63) is 57.6 Å². The van der Waals surface area contributed by atoms with Crippen molar-refractivity contribution in [1.29, 1.82) is 0 Å². The summed E-state index contributed by atoms with van der Waals surface area (Å²) in [7, 11) is 0. The number of amides is 1. The van der Waals surface area contributed by atoms with Crippen molar-refractivity contribution in [1.82, 2.24) is 10.2 Å². The minimum Gasteiger partial charge on any atom is -0.506 e. The number of phenolic OH excluding ortho intramolecular Hbond substituents is 1. The van der Waals surface area contributed by atoms with Crippen molar-refractivity contribution >= 4 is 47.0 Å².